The molecule has 0 radical (unpaired) electrons. The van der Waals surface area contributed by atoms with Crippen molar-refractivity contribution in [2.24, 2.45) is 5.92 Å². The largest absolute Gasteiger partial charge is 0.444 e. The van der Waals surface area contributed by atoms with Crippen LogP contribution in [-0.2, 0) is 11.2 Å². The number of hydrogen-bond donors (Lipinski definition) is 0. The van der Waals surface area contributed by atoms with E-state index in [1.165, 1.54) is 11.8 Å². The topological polar surface area (TPSA) is 55.3 Å². The molecule has 3 rings (SSSR count). The summed E-state index contributed by atoms with van der Waals surface area (Å²) in [4.78, 5) is 22.1. The minimum absolute atomic E-state index is 0.217. The van der Waals surface area contributed by atoms with Gasteiger partial charge in [-0.15, -0.1) is 0 Å². The summed E-state index contributed by atoms with van der Waals surface area (Å²) in [6, 6.07) is 7.92. The van der Waals surface area contributed by atoms with Crippen LogP contribution in [0, 0.1) is 18.7 Å². The maximum absolute atomic E-state index is 14.1. The molecule has 1 aliphatic rings. The zero-order valence-electron chi connectivity index (χ0n) is 17.7. The van der Waals surface area contributed by atoms with Crippen LogP contribution in [0.5, 0.6) is 0 Å². The number of hydrogen-bond acceptors (Lipinski definition) is 4. The van der Waals surface area contributed by atoms with E-state index in [0.29, 0.717) is 17.4 Å². The number of likely N-dealkylation sites (tertiary alicyclic amines) is 1. The molecule has 1 fully saturated rings. The summed E-state index contributed by atoms with van der Waals surface area (Å²) in [5, 5.41) is 0. The number of nitrogens with zero attached hydrogens (tertiary/aromatic N) is 3. The van der Waals surface area contributed by atoms with Gasteiger partial charge in [0.15, 0.2) is 5.82 Å². The Kier molecular flexibility index (Phi) is 6.50. The third kappa shape index (κ3) is 5.99. The first-order valence-corrected chi connectivity index (χ1v) is 10.3. The van der Waals surface area contributed by atoms with Gasteiger partial charge in [-0.05, 0) is 70.9 Å². The number of aromatic nitrogens is 2. The molecule has 2 heterocycles. The van der Waals surface area contributed by atoms with Crippen LogP contribution >= 0.6 is 0 Å². The van der Waals surface area contributed by atoms with Crippen LogP contribution in [0.15, 0.2) is 30.5 Å². The lowest BCUT2D eigenvalue weighted by Crippen LogP contribution is -2.41. The number of amides is 1. The summed E-state index contributed by atoms with van der Waals surface area (Å²) in [6.45, 7) is 8.91. The van der Waals surface area contributed by atoms with E-state index in [1.54, 1.807) is 6.92 Å². The van der Waals surface area contributed by atoms with E-state index in [1.807, 2.05) is 43.9 Å². The van der Waals surface area contributed by atoms with Crippen molar-refractivity contribution in [3.63, 3.8) is 0 Å². The maximum Gasteiger partial charge on any atom is 0.410 e. The number of piperidine rings is 1. The van der Waals surface area contributed by atoms with Gasteiger partial charge in [0.25, 0.3) is 0 Å². The van der Waals surface area contributed by atoms with E-state index in [9.17, 15) is 9.18 Å². The highest BCUT2D eigenvalue weighted by molar-refractivity contribution is 5.68. The summed E-state index contributed by atoms with van der Waals surface area (Å²) in [7, 11) is 0. The molecule has 0 N–H and O–H groups in total. The van der Waals surface area contributed by atoms with E-state index in [4.69, 9.17) is 4.74 Å². The van der Waals surface area contributed by atoms with Crippen LogP contribution in [0.2, 0.25) is 0 Å². The number of rotatable bonds is 4. The molecule has 0 saturated carbocycles. The lowest BCUT2D eigenvalue weighted by molar-refractivity contribution is 0.0181. The van der Waals surface area contributed by atoms with Gasteiger partial charge in [-0.3, -0.25) is 0 Å². The van der Waals surface area contributed by atoms with E-state index in [0.717, 1.165) is 44.3 Å². The van der Waals surface area contributed by atoms with E-state index < -0.39 is 11.4 Å². The third-order valence-electron chi connectivity index (χ3n) is 5.17. The second-order valence-corrected chi connectivity index (χ2v) is 8.76. The quantitative estimate of drug-likeness (QED) is 0.712. The first kappa shape index (κ1) is 21.2. The second-order valence-electron chi connectivity index (χ2n) is 8.76. The minimum atomic E-state index is -0.458. The van der Waals surface area contributed by atoms with Crippen molar-refractivity contribution in [3.05, 3.63) is 47.7 Å². The number of halogens is 1. The lowest BCUT2D eigenvalue weighted by Gasteiger charge is -2.33. The normalized spacial score (nSPS) is 15.4. The van der Waals surface area contributed by atoms with Crippen molar-refractivity contribution in [1.29, 1.82) is 0 Å². The van der Waals surface area contributed by atoms with Crippen LogP contribution in [0.4, 0.5) is 9.18 Å². The van der Waals surface area contributed by atoms with Gasteiger partial charge in [-0.2, -0.15) is 0 Å². The highest BCUT2D eigenvalue weighted by Crippen LogP contribution is 2.26. The van der Waals surface area contributed by atoms with Crippen molar-refractivity contribution in [3.8, 4) is 11.3 Å². The Bertz CT molecular complexity index is 855. The highest BCUT2D eigenvalue weighted by Gasteiger charge is 2.26. The van der Waals surface area contributed by atoms with Gasteiger partial charge >= 0.3 is 6.09 Å². The van der Waals surface area contributed by atoms with Crippen molar-refractivity contribution in [1.82, 2.24) is 14.9 Å². The first-order valence-electron chi connectivity index (χ1n) is 10.3. The zero-order valence-corrected chi connectivity index (χ0v) is 17.7. The smallest absolute Gasteiger partial charge is 0.410 e. The Hall–Kier alpha value is -2.50. The monoisotopic (exact) mass is 399 g/mol. The SMILES string of the molecule is Cc1ncc(F)c(-c2cccc(CCC3CCN(C(=O)OC(C)(C)C)CC3)c2)n1. The number of carbonyl (C=O) groups is 1. The maximum atomic E-state index is 14.1. The predicted octanol–water partition coefficient (Wildman–Crippen LogP) is 5.17. The Morgan fingerprint density at radius 3 is 2.69 bits per heavy atom. The average molecular weight is 400 g/mol. The molecule has 29 heavy (non-hydrogen) atoms. The van der Waals surface area contributed by atoms with Gasteiger partial charge in [0.2, 0.25) is 0 Å². The van der Waals surface area contributed by atoms with Gasteiger partial charge in [0.1, 0.15) is 17.1 Å². The molecule has 0 atom stereocenters. The summed E-state index contributed by atoms with van der Waals surface area (Å²) in [5.41, 5.74) is 1.85. The lowest BCUT2D eigenvalue weighted by atomic mass is 9.90. The Morgan fingerprint density at radius 1 is 1.28 bits per heavy atom. The number of ether oxygens (including phenoxy) is 1. The van der Waals surface area contributed by atoms with Crippen LogP contribution in [0.3, 0.4) is 0 Å². The molecule has 1 aliphatic heterocycles. The van der Waals surface area contributed by atoms with Crippen LogP contribution in [0.25, 0.3) is 11.3 Å². The summed E-state index contributed by atoms with van der Waals surface area (Å²) >= 11 is 0. The van der Waals surface area contributed by atoms with Crippen molar-refractivity contribution < 1.29 is 13.9 Å². The van der Waals surface area contributed by atoms with Gasteiger partial charge in [-0.25, -0.2) is 19.2 Å². The van der Waals surface area contributed by atoms with Crippen LogP contribution in [0.1, 0.15) is 51.4 Å². The molecule has 1 aromatic carbocycles. The highest BCUT2D eigenvalue weighted by atomic mass is 19.1. The van der Waals surface area contributed by atoms with E-state index in [2.05, 4.69) is 16.0 Å². The van der Waals surface area contributed by atoms with Gasteiger partial charge < -0.3 is 9.64 Å². The molecule has 0 aliphatic carbocycles. The molecule has 2 aromatic rings. The van der Waals surface area contributed by atoms with Crippen molar-refractivity contribution in [2.75, 3.05) is 13.1 Å². The second kappa shape index (κ2) is 8.89. The Labute approximate surface area is 172 Å². The standard InChI is InChI=1S/C23H30FN3O2/c1-16-25-15-20(24)21(26-16)19-7-5-6-18(14-19)9-8-17-10-12-27(13-11-17)22(28)29-23(2,3)4/h5-7,14-15,17H,8-13H2,1-4H3. The first-order chi connectivity index (χ1) is 13.7. The third-order valence-corrected chi connectivity index (χ3v) is 5.17. The fourth-order valence-corrected chi connectivity index (χ4v) is 3.63. The average Bonchev–Trinajstić information content (AvgIpc) is 2.67. The predicted molar refractivity (Wildman–Crippen MR) is 111 cm³/mol. The molecular formula is C23H30FN3O2. The molecule has 1 saturated heterocycles. The van der Waals surface area contributed by atoms with Crippen LogP contribution in [-0.4, -0.2) is 39.7 Å². The molecular weight excluding hydrogens is 369 g/mol. The zero-order chi connectivity index (χ0) is 21.0. The minimum Gasteiger partial charge on any atom is -0.444 e. The number of aryl methyl sites for hydroxylation is 2. The van der Waals surface area contributed by atoms with Crippen molar-refractivity contribution in [2.45, 2.75) is 59.0 Å². The molecule has 156 valence electrons. The Morgan fingerprint density at radius 2 is 2.00 bits per heavy atom. The van der Waals surface area contributed by atoms with Crippen molar-refractivity contribution >= 4 is 6.09 Å². The van der Waals surface area contributed by atoms with Crippen LogP contribution < -0.4 is 0 Å². The molecule has 0 unspecified atom stereocenters. The summed E-state index contributed by atoms with van der Waals surface area (Å²) < 4.78 is 19.6. The summed E-state index contributed by atoms with van der Waals surface area (Å²) in [5.74, 6) is 0.737. The van der Waals surface area contributed by atoms with Gasteiger partial charge in [0, 0.05) is 18.7 Å². The molecule has 5 nitrogen and oxygen atoms in total. The fourth-order valence-electron chi connectivity index (χ4n) is 3.63. The summed E-state index contributed by atoms with van der Waals surface area (Å²) in [6.07, 6.45) is 4.96. The fraction of sp³-hybridized carbons (Fsp3) is 0.522. The molecule has 1 aromatic heterocycles. The molecule has 1 amide bonds. The molecule has 0 bridgehead atoms. The van der Waals surface area contributed by atoms with Gasteiger partial charge in [0.05, 0.1) is 6.20 Å². The Balaban J connectivity index is 1.54. The number of carbonyl (C=O) groups excluding carboxylic acids is 1. The van der Waals surface area contributed by atoms with E-state index in [-0.39, 0.29) is 6.09 Å². The molecule has 6 heteroatoms. The van der Waals surface area contributed by atoms with E-state index >= 15 is 0 Å². The molecule has 0 spiro atoms. The number of benzene rings is 1. The van der Waals surface area contributed by atoms with Gasteiger partial charge in [-0.1, -0.05) is 18.2 Å².